The lowest BCUT2D eigenvalue weighted by molar-refractivity contribution is 0.0129. The van der Waals surface area contributed by atoms with Crippen LogP contribution in [0.25, 0.3) is 5.69 Å². The van der Waals surface area contributed by atoms with Gasteiger partial charge in [0, 0.05) is 25.1 Å². The fourth-order valence-electron chi connectivity index (χ4n) is 2.20. The molecule has 1 amide bonds. The molecule has 2 aromatic heterocycles. The first-order valence-electron chi connectivity index (χ1n) is 6.54. The van der Waals surface area contributed by atoms with E-state index in [-0.39, 0.29) is 12.5 Å². The number of hydrogen-bond acceptors (Lipinski definition) is 5. The maximum atomic E-state index is 12.5. The molecule has 3 rings (SSSR count). The van der Waals surface area contributed by atoms with Gasteiger partial charge in [-0.05, 0) is 18.2 Å². The molecule has 0 spiro atoms. The zero-order valence-electron chi connectivity index (χ0n) is 11.2. The van der Waals surface area contributed by atoms with E-state index in [1.165, 1.54) is 4.90 Å². The zero-order valence-corrected chi connectivity index (χ0v) is 11.2. The quantitative estimate of drug-likeness (QED) is 0.807. The molecule has 1 aliphatic rings. The summed E-state index contributed by atoms with van der Waals surface area (Å²) in [5.74, 6) is -0.265. The predicted molar refractivity (Wildman–Crippen MR) is 72.6 cm³/mol. The summed E-state index contributed by atoms with van der Waals surface area (Å²) >= 11 is 0. The van der Waals surface area contributed by atoms with Crippen LogP contribution >= 0.6 is 0 Å². The van der Waals surface area contributed by atoms with E-state index in [1.54, 1.807) is 41.5 Å². The first-order valence-corrected chi connectivity index (χ1v) is 6.54. The first kappa shape index (κ1) is 13.3. The Hall–Kier alpha value is -2.72. The van der Waals surface area contributed by atoms with Gasteiger partial charge in [0.2, 0.25) is 0 Å². The fourth-order valence-corrected chi connectivity index (χ4v) is 2.20. The van der Waals surface area contributed by atoms with Gasteiger partial charge in [0.25, 0.3) is 5.91 Å². The Morgan fingerprint density at radius 1 is 1.48 bits per heavy atom. The Labute approximate surface area is 121 Å². The second kappa shape index (κ2) is 5.73. The molecule has 0 aromatic carbocycles. The summed E-state index contributed by atoms with van der Waals surface area (Å²) in [5.41, 5.74) is 1.05. The van der Waals surface area contributed by atoms with Crippen LogP contribution < -0.4 is 0 Å². The Kier molecular flexibility index (Phi) is 3.62. The van der Waals surface area contributed by atoms with Crippen molar-refractivity contribution >= 4 is 5.91 Å². The molecule has 21 heavy (non-hydrogen) atoms. The van der Waals surface area contributed by atoms with Crippen molar-refractivity contribution in [2.24, 2.45) is 0 Å². The molecule has 7 heteroatoms. The average Bonchev–Trinajstić information content (AvgIpc) is 3.09. The molecule has 1 aliphatic heterocycles. The number of amides is 1. The van der Waals surface area contributed by atoms with Gasteiger partial charge in [-0.25, -0.2) is 4.68 Å². The number of pyridine rings is 1. The van der Waals surface area contributed by atoms with Gasteiger partial charge in [0.05, 0.1) is 25.0 Å². The highest BCUT2D eigenvalue weighted by Gasteiger charge is 2.28. The number of aromatic nitrogens is 3. The van der Waals surface area contributed by atoms with E-state index in [4.69, 9.17) is 10.00 Å². The van der Waals surface area contributed by atoms with Crippen molar-refractivity contribution in [3.05, 3.63) is 42.5 Å². The standard InChI is InChI=1S/C14H13N5O2/c15-9-12-10-21-7-6-18(12)14(20)13-8-11(2-4-16-13)19-5-1-3-17-19/h1-5,8,12H,6-7,10H2/t12-/m0/s1. The van der Waals surface area contributed by atoms with Gasteiger partial charge in [-0.3, -0.25) is 9.78 Å². The second-order valence-corrected chi connectivity index (χ2v) is 4.57. The third-order valence-corrected chi connectivity index (χ3v) is 3.27. The van der Waals surface area contributed by atoms with Crippen molar-refractivity contribution in [2.75, 3.05) is 19.8 Å². The van der Waals surface area contributed by atoms with E-state index in [9.17, 15) is 4.79 Å². The van der Waals surface area contributed by atoms with Gasteiger partial charge in [-0.15, -0.1) is 0 Å². The third kappa shape index (κ3) is 2.61. The number of morpholine rings is 1. The van der Waals surface area contributed by atoms with Crippen LogP contribution in [0.2, 0.25) is 0 Å². The van der Waals surface area contributed by atoms with Gasteiger partial charge in [0.1, 0.15) is 11.7 Å². The lowest BCUT2D eigenvalue weighted by Crippen LogP contribution is -2.48. The van der Waals surface area contributed by atoms with Crippen molar-refractivity contribution in [2.45, 2.75) is 6.04 Å². The molecule has 0 bridgehead atoms. The number of hydrogen-bond donors (Lipinski definition) is 0. The number of carbonyl (C=O) groups is 1. The Morgan fingerprint density at radius 3 is 3.14 bits per heavy atom. The third-order valence-electron chi connectivity index (χ3n) is 3.27. The van der Waals surface area contributed by atoms with Crippen LogP contribution in [0.4, 0.5) is 0 Å². The molecule has 0 saturated carbocycles. The number of rotatable bonds is 2. The van der Waals surface area contributed by atoms with Crippen LogP contribution in [-0.2, 0) is 4.74 Å². The molecule has 0 radical (unpaired) electrons. The minimum absolute atomic E-state index is 0.237. The first-order chi connectivity index (χ1) is 10.3. The van der Waals surface area contributed by atoms with Crippen molar-refractivity contribution in [1.29, 1.82) is 5.26 Å². The van der Waals surface area contributed by atoms with Gasteiger partial charge in [-0.2, -0.15) is 10.4 Å². The highest BCUT2D eigenvalue weighted by atomic mass is 16.5. The SMILES string of the molecule is N#C[C@H]1COCCN1C(=O)c1cc(-n2cccn2)ccn1. The van der Waals surface area contributed by atoms with Gasteiger partial charge < -0.3 is 9.64 Å². The molecule has 1 fully saturated rings. The summed E-state index contributed by atoms with van der Waals surface area (Å²) in [4.78, 5) is 18.1. The van der Waals surface area contributed by atoms with E-state index < -0.39 is 6.04 Å². The van der Waals surface area contributed by atoms with Gasteiger partial charge >= 0.3 is 0 Å². The molecular formula is C14H13N5O2. The summed E-state index contributed by atoms with van der Waals surface area (Å²) in [6.07, 6.45) is 5.01. The van der Waals surface area contributed by atoms with E-state index in [1.807, 2.05) is 0 Å². The minimum Gasteiger partial charge on any atom is -0.376 e. The lowest BCUT2D eigenvalue weighted by atomic mass is 10.2. The molecule has 106 valence electrons. The smallest absolute Gasteiger partial charge is 0.273 e. The van der Waals surface area contributed by atoms with E-state index in [0.717, 1.165) is 5.69 Å². The number of nitriles is 1. The minimum atomic E-state index is -0.568. The highest BCUT2D eigenvalue weighted by molar-refractivity contribution is 5.93. The number of ether oxygens (including phenoxy) is 1. The maximum Gasteiger partial charge on any atom is 0.273 e. The van der Waals surface area contributed by atoms with Crippen molar-refractivity contribution in [3.63, 3.8) is 0 Å². The van der Waals surface area contributed by atoms with Crippen molar-refractivity contribution < 1.29 is 9.53 Å². The van der Waals surface area contributed by atoms with Gasteiger partial charge in [0.15, 0.2) is 0 Å². The largest absolute Gasteiger partial charge is 0.376 e. The summed E-state index contributed by atoms with van der Waals surface area (Å²) in [5, 5.41) is 13.2. The molecule has 1 saturated heterocycles. The summed E-state index contributed by atoms with van der Waals surface area (Å²) in [6.45, 7) is 1.06. The van der Waals surface area contributed by atoms with Crippen LogP contribution in [0.5, 0.6) is 0 Å². The summed E-state index contributed by atoms with van der Waals surface area (Å²) < 4.78 is 6.87. The number of nitrogens with zero attached hydrogens (tertiary/aromatic N) is 5. The van der Waals surface area contributed by atoms with E-state index in [2.05, 4.69) is 16.2 Å². The zero-order chi connectivity index (χ0) is 14.7. The predicted octanol–water partition coefficient (Wildman–Crippen LogP) is 0.632. The van der Waals surface area contributed by atoms with Crippen molar-refractivity contribution in [3.8, 4) is 11.8 Å². The maximum absolute atomic E-state index is 12.5. The summed E-state index contributed by atoms with van der Waals surface area (Å²) in [7, 11) is 0. The van der Waals surface area contributed by atoms with E-state index in [0.29, 0.717) is 18.8 Å². The monoisotopic (exact) mass is 283 g/mol. The second-order valence-electron chi connectivity index (χ2n) is 4.57. The van der Waals surface area contributed by atoms with Crippen LogP contribution in [0.1, 0.15) is 10.5 Å². The molecule has 0 N–H and O–H groups in total. The lowest BCUT2D eigenvalue weighted by Gasteiger charge is -2.31. The topological polar surface area (TPSA) is 84.0 Å². The molecular weight excluding hydrogens is 270 g/mol. The number of carbonyl (C=O) groups excluding carboxylic acids is 1. The Balaban J connectivity index is 1.88. The van der Waals surface area contributed by atoms with E-state index >= 15 is 0 Å². The molecule has 0 unspecified atom stereocenters. The molecule has 7 nitrogen and oxygen atoms in total. The Morgan fingerprint density at radius 2 is 2.38 bits per heavy atom. The molecule has 1 atom stereocenters. The fraction of sp³-hybridized carbons (Fsp3) is 0.286. The Bertz CT molecular complexity index is 677. The van der Waals surface area contributed by atoms with Crippen LogP contribution in [-0.4, -0.2) is 51.4 Å². The molecule has 0 aliphatic carbocycles. The molecule has 2 aromatic rings. The summed E-state index contributed by atoms with van der Waals surface area (Å²) in [6, 6.07) is 6.75. The molecule has 3 heterocycles. The van der Waals surface area contributed by atoms with Gasteiger partial charge in [-0.1, -0.05) is 0 Å². The normalized spacial score (nSPS) is 18.2. The average molecular weight is 283 g/mol. The van der Waals surface area contributed by atoms with Crippen LogP contribution in [0, 0.1) is 11.3 Å². The van der Waals surface area contributed by atoms with Crippen molar-refractivity contribution in [1.82, 2.24) is 19.7 Å². The highest BCUT2D eigenvalue weighted by Crippen LogP contribution is 2.13. The van der Waals surface area contributed by atoms with Crippen LogP contribution in [0.15, 0.2) is 36.8 Å². The van der Waals surface area contributed by atoms with Crippen LogP contribution in [0.3, 0.4) is 0 Å².